The minimum Gasteiger partial charge on any atom is -0.493 e. The van der Waals surface area contributed by atoms with Crippen LogP contribution < -0.4 is 19.7 Å². The molecule has 2 aromatic rings. The average molecular weight is 540 g/mol. The Hall–Kier alpha value is -3.48. The molecular formula is C20H14FIN2O7. The van der Waals surface area contributed by atoms with Crippen molar-refractivity contribution in [2.75, 3.05) is 18.6 Å². The Morgan fingerprint density at radius 3 is 2.65 bits per heavy atom. The number of rotatable bonds is 6. The number of halogens is 2. The summed E-state index contributed by atoms with van der Waals surface area (Å²) >= 11 is 1.89. The number of carboxylic acids is 1. The lowest BCUT2D eigenvalue weighted by Crippen LogP contribution is -2.54. The van der Waals surface area contributed by atoms with Crippen molar-refractivity contribution < 1.29 is 38.1 Å². The number of barbiturate groups is 1. The molecule has 0 atom stereocenters. The van der Waals surface area contributed by atoms with Crippen molar-refractivity contribution in [2.24, 2.45) is 0 Å². The van der Waals surface area contributed by atoms with Gasteiger partial charge in [-0.2, -0.15) is 0 Å². The van der Waals surface area contributed by atoms with E-state index in [1.54, 1.807) is 0 Å². The van der Waals surface area contributed by atoms with Gasteiger partial charge in [0.15, 0.2) is 18.1 Å². The summed E-state index contributed by atoms with van der Waals surface area (Å²) in [7, 11) is 1.35. The Balaban J connectivity index is 2.00. The fraction of sp³-hybridized carbons (Fsp3) is 0.100. The number of carbonyl (C=O) groups is 4. The van der Waals surface area contributed by atoms with E-state index >= 15 is 0 Å². The van der Waals surface area contributed by atoms with E-state index < -0.39 is 36.2 Å². The lowest BCUT2D eigenvalue weighted by Gasteiger charge is -2.26. The number of amides is 4. The molecule has 4 amide bonds. The summed E-state index contributed by atoms with van der Waals surface area (Å²) in [4.78, 5) is 48.8. The molecule has 0 bridgehead atoms. The molecule has 0 aromatic heterocycles. The van der Waals surface area contributed by atoms with Gasteiger partial charge in [0.1, 0.15) is 11.4 Å². The van der Waals surface area contributed by atoms with E-state index in [0.717, 1.165) is 12.1 Å². The van der Waals surface area contributed by atoms with Crippen molar-refractivity contribution in [1.29, 1.82) is 0 Å². The summed E-state index contributed by atoms with van der Waals surface area (Å²) in [6.45, 7) is -0.585. The number of nitrogens with one attached hydrogen (secondary N) is 1. The topological polar surface area (TPSA) is 122 Å². The molecule has 2 N–H and O–H groups in total. The van der Waals surface area contributed by atoms with Gasteiger partial charge in [0.25, 0.3) is 11.8 Å². The van der Waals surface area contributed by atoms with E-state index in [4.69, 9.17) is 14.6 Å². The van der Waals surface area contributed by atoms with E-state index in [9.17, 15) is 23.6 Å². The number of methoxy groups -OCH3 is 1. The SMILES string of the molecule is COc1cc(/C=C2\C(=O)NC(=O)N(c3cccc(F)c3)C2=O)cc(I)c1OCC(=O)O. The number of aliphatic carboxylic acids is 1. The summed E-state index contributed by atoms with van der Waals surface area (Å²) in [6, 6.07) is 6.81. The van der Waals surface area contributed by atoms with E-state index in [-0.39, 0.29) is 22.8 Å². The molecule has 0 aliphatic carbocycles. The zero-order chi connectivity index (χ0) is 22.7. The first kappa shape index (κ1) is 22.2. The van der Waals surface area contributed by atoms with Crippen molar-refractivity contribution in [3.05, 3.63) is 56.9 Å². The number of urea groups is 1. The van der Waals surface area contributed by atoms with Crippen LogP contribution >= 0.6 is 22.6 Å². The first-order valence-electron chi connectivity index (χ1n) is 8.60. The predicted molar refractivity (Wildman–Crippen MR) is 114 cm³/mol. The van der Waals surface area contributed by atoms with Crippen molar-refractivity contribution in [1.82, 2.24) is 5.32 Å². The molecule has 1 saturated heterocycles. The molecule has 0 unspecified atom stereocenters. The second-order valence-electron chi connectivity index (χ2n) is 6.15. The molecule has 0 radical (unpaired) electrons. The first-order valence-corrected chi connectivity index (χ1v) is 9.68. The summed E-state index contributed by atoms with van der Waals surface area (Å²) in [5.74, 6) is -3.31. The minimum atomic E-state index is -1.17. The molecule has 0 saturated carbocycles. The molecule has 9 nitrogen and oxygen atoms in total. The number of nitrogens with zero attached hydrogens (tertiary/aromatic N) is 1. The van der Waals surface area contributed by atoms with Crippen LogP contribution in [-0.2, 0) is 14.4 Å². The van der Waals surface area contributed by atoms with Crippen LogP contribution in [0.2, 0.25) is 0 Å². The normalized spacial score (nSPS) is 15.1. The molecular weight excluding hydrogens is 526 g/mol. The van der Waals surface area contributed by atoms with Gasteiger partial charge >= 0.3 is 12.0 Å². The summed E-state index contributed by atoms with van der Waals surface area (Å²) < 4.78 is 24.5. The Morgan fingerprint density at radius 2 is 2.00 bits per heavy atom. The van der Waals surface area contributed by atoms with Gasteiger partial charge < -0.3 is 14.6 Å². The maximum Gasteiger partial charge on any atom is 0.341 e. The maximum absolute atomic E-state index is 13.6. The third kappa shape index (κ3) is 4.82. The average Bonchev–Trinajstić information content (AvgIpc) is 2.69. The van der Waals surface area contributed by atoms with Gasteiger partial charge in [-0.1, -0.05) is 6.07 Å². The minimum absolute atomic E-state index is 0.0366. The predicted octanol–water partition coefficient (Wildman–Crippen LogP) is 2.57. The molecule has 2 aromatic carbocycles. The van der Waals surface area contributed by atoms with Crippen LogP contribution in [0.25, 0.3) is 6.08 Å². The standard InChI is InChI=1S/C20H14FIN2O7/c1-30-15-7-10(6-14(22)17(15)31-9-16(25)26)5-13-18(27)23-20(29)24(19(13)28)12-4-2-3-11(21)8-12/h2-8H,9H2,1H3,(H,25,26)(H,23,27,29)/b13-5+. The Labute approximate surface area is 188 Å². The number of hydrogen-bond acceptors (Lipinski definition) is 6. The first-order chi connectivity index (χ1) is 14.7. The largest absolute Gasteiger partial charge is 0.493 e. The molecule has 1 fully saturated rings. The van der Waals surface area contributed by atoms with Crippen LogP contribution in [0.5, 0.6) is 11.5 Å². The molecule has 11 heteroatoms. The highest BCUT2D eigenvalue weighted by Crippen LogP contribution is 2.35. The lowest BCUT2D eigenvalue weighted by molar-refractivity contribution is -0.139. The van der Waals surface area contributed by atoms with Gasteiger partial charge in [0.05, 0.1) is 16.4 Å². The zero-order valence-electron chi connectivity index (χ0n) is 15.8. The Morgan fingerprint density at radius 1 is 1.26 bits per heavy atom. The number of hydrogen-bond donors (Lipinski definition) is 2. The summed E-state index contributed by atoms with van der Waals surface area (Å²) in [5.41, 5.74) is -0.0395. The number of carbonyl (C=O) groups excluding carboxylic acids is 3. The highest BCUT2D eigenvalue weighted by atomic mass is 127. The number of imide groups is 2. The number of carboxylic acid groups (broad SMARTS) is 1. The fourth-order valence-corrected chi connectivity index (χ4v) is 3.55. The molecule has 31 heavy (non-hydrogen) atoms. The van der Waals surface area contributed by atoms with Gasteiger partial charge in [-0.15, -0.1) is 0 Å². The number of ether oxygens (including phenoxy) is 2. The van der Waals surface area contributed by atoms with Crippen molar-refractivity contribution >= 4 is 58.2 Å². The van der Waals surface area contributed by atoms with Crippen molar-refractivity contribution in [3.8, 4) is 11.5 Å². The van der Waals surface area contributed by atoms with Crippen LogP contribution in [0, 0.1) is 9.39 Å². The van der Waals surface area contributed by atoms with E-state index in [1.807, 2.05) is 27.9 Å². The van der Waals surface area contributed by atoms with Crippen LogP contribution in [0.4, 0.5) is 14.9 Å². The zero-order valence-corrected chi connectivity index (χ0v) is 18.0. The van der Waals surface area contributed by atoms with Gasteiger partial charge in [-0.05, 0) is 64.6 Å². The molecule has 1 aliphatic heterocycles. The highest BCUT2D eigenvalue weighted by Gasteiger charge is 2.37. The van der Waals surface area contributed by atoms with E-state index in [1.165, 1.54) is 37.5 Å². The number of benzene rings is 2. The van der Waals surface area contributed by atoms with Crippen LogP contribution in [0.1, 0.15) is 5.56 Å². The van der Waals surface area contributed by atoms with E-state index in [2.05, 4.69) is 0 Å². The molecule has 160 valence electrons. The molecule has 3 rings (SSSR count). The van der Waals surface area contributed by atoms with Crippen molar-refractivity contribution in [2.45, 2.75) is 0 Å². The Bertz CT molecular complexity index is 1130. The van der Waals surface area contributed by atoms with Gasteiger partial charge in [-0.3, -0.25) is 14.9 Å². The second-order valence-corrected chi connectivity index (χ2v) is 7.32. The smallest absolute Gasteiger partial charge is 0.341 e. The van der Waals surface area contributed by atoms with Crippen LogP contribution in [0.15, 0.2) is 42.0 Å². The molecule has 0 spiro atoms. The Kier molecular flexibility index (Phi) is 6.53. The van der Waals surface area contributed by atoms with Gasteiger partial charge in [-0.25, -0.2) is 18.9 Å². The van der Waals surface area contributed by atoms with Crippen LogP contribution in [-0.4, -0.2) is 42.6 Å². The summed E-state index contributed by atoms with van der Waals surface area (Å²) in [5, 5.41) is 10.8. The highest BCUT2D eigenvalue weighted by molar-refractivity contribution is 14.1. The second kappa shape index (κ2) is 9.12. The quantitative estimate of drug-likeness (QED) is 0.328. The van der Waals surface area contributed by atoms with Gasteiger partial charge in [0, 0.05) is 0 Å². The fourth-order valence-electron chi connectivity index (χ4n) is 2.77. The maximum atomic E-state index is 13.6. The molecule has 1 aliphatic rings. The monoisotopic (exact) mass is 540 g/mol. The lowest BCUT2D eigenvalue weighted by atomic mass is 10.1. The van der Waals surface area contributed by atoms with E-state index in [0.29, 0.717) is 14.0 Å². The third-order valence-corrected chi connectivity index (χ3v) is 4.87. The number of anilines is 1. The van der Waals surface area contributed by atoms with Gasteiger partial charge in [0.2, 0.25) is 0 Å². The summed E-state index contributed by atoms with van der Waals surface area (Å²) in [6.07, 6.45) is 1.24. The van der Waals surface area contributed by atoms with Crippen molar-refractivity contribution in [3.63, 3.8) is 0 Å². The third-order valence-electron chi connectivity index (χ3n) is 4.07. The molecule has 1 heterocycles. The van der Waals surface area contributed by atoms with Crippen LogP contribution in [0.3, 0.4) is 0 Å².